The molecule has 0 saturated carbocycles. The van der Waals surface area contributed by atoms with Gasteiger partial charge in [-0.3, -0.25) is 0 Å². The van der Waals surface area contributed by atoms with Crippen molar-refractivity contribution in [3.8, 4) is 67.3 Å². The van der Waals surface area contributed by atoms with Crippen LogP contribution in [-0.4, -0.2) is 18.3 Å². The van der Waals surface area contributed by atoms with E-state index in [0.717, 1.165) is 0 Å². The molecule has 0 spiro atoms. The first-order valence-corrected chi connectivity index (χ1v) is 40.0. The second kappa shape index (κ2) is 25.1. The maximum atomic E-state index is 2.47. The fourth-order valence-corrected chi connectivity index (χ4v) is 20.0. The highest BCUT2D eigenvalue weighted by Crippen LogP contribution is 2.53. The normalized spacial score (nSPS) is 12.7. The van der Waals surface area contributed by atoms with Gasteiger partial charge >= 0.3 is 0 Å². The van der Waals surface area contributed by atoms with Crippen LogP contribution in [0.3, 0.4) is 0 Å². The van der Waals surface area contributed by atoms with Gasteiger partial charge in [0, 0.05) is 71.3 Å². The molecule has 0 atom stereocenters. The second-order valence-corrected chi connectivity index (χ2v) is 31.8. The number of aromatic nitrogens is 4. The quantitative estimate of drug-likeness (QED) is 0.142. The van der Waals surface area contributed by atoms with Crippen molar-refractivity contribution < 1.29 is 0 Å². The highest BCUT2D eigenvalue weighted by molar-refractivity contribution is 6.32. The third-order valence-corrected chi connectivity index (χ3v) is 25.3. The van der Waals surface area contributed by atoms with Gasteiger partial charge in [-0.15, -0.1) is 0 Å². The number of hydrogen-bond acceptors (Lipinski definition) is 0. The first-order chi connectivity index (χ1) is 56.8. The van der Waals surface area contributed by atoms with Gasteiger partial charge in [0.15, 0.2) is 0 Å². The second-order valence-electron chi connectivity index (χ2n) is 31.8. The van der Waals surface area contributed by atoms with Crippen molar-refractivity contribution in [1.82, 2.24) is 18.3 Å². The molecule has 115 heavy (non-hydrogen) atoms. The average Bonchev–Trinajstić information content (AvgIpc) is 1.58. The van der Waals surface area contributed by atoms with Crippen LogP contribution in [0.2, 0.25) is 0 Å². The third-order valence-electron chi connectivity index (χ3n) is 25.3. The Kier molecular flexibility index (Phi) is 14.2. The average molecular weight is 1460 g/mol. The summed E-state index contributed by atoms with van der Waals surface area (Å²) in [5.41, 5.74) is 27.2. The number of benzene rings is 20. The van der Waals surface area contributed by atoms with Crippen molar-refractivity contribution in [2.75, 3.05) is 0 Å². The Morgan fingerprint density at radius 1 is 0.165 bits per heavy atom. The Bertz CT molecular complexity index is 8100. The lowest BCUT2D eigenvalue weighted by Crippen LogP contribution is -2.15. The molecule has 0 radical (unpaired) electrons. The van der Waals surface area contributed by atoms with E-state index in [1.807, 2.05) is 0 Å². The van der Waals surface area contributed by atoms with Crippen molar-refractivity contribution in [2.45, 2.75) is 19.3 Å². The smallest absolute Gasteiger partial charge is 0.0547 e. The molecule has 0 amide bonds. The molecule has 0 N–H and O–H groups in total. The number of fused-ring (bicyclic) bond motifs is 25. The highest BCUT2D eigenvalue weighted by atomic mass is 15.0. The van der Waals surface area contributed by atoms with Crippen LogP contribution in [0.5, 0.6) is 0 Å². The SMILES string of the molecule is CC1(C)c2cc(-c3cccc4cc5c(ccc6c5c5c7ccccc7ccc5n6-c5ccccc5)cc34)ccc2-c2ccc(-n3c4ccccc4c4ccccc43)cc21.c1ccc(-n2c3ccc4ccccc4c3c3c4cc5cccc(-c6ccc(-c7ccc(-n8c9ccccc9c9ccccc98)cc7)cc6)c5cc4ccc32)cc1. The summed E-state index contributed by atoms with van der Waals surface area (Å²) in [7, 11) is 0. The standard InChI is InChI=1S/C57H38N2.C54H34N2/c1-57(2)49-33-38(23-27-43(49)44-28-26-40(34-50(44)57)59-51-21-10-8-18-45(51)46-19-9-11-22-52(46)59)41-20-12-14-36-32-48-37(31-47(36)41)25-30-54-56(48)55-42-17-7-6-13-35(42)24-29-53(55)58(54)39-15-4-3-5-16-39;1-2-13-41(14-3-1)56-51-31-27-37-11-4-5-15-44(37)53(51)54-48-34-39-12-10-18-43(47(39)33-40(48)28-32-52(54)56)38-23-21-35(22-24-38)36-25-29-42(30-26-36)55-49-19-8-6-16-45(49)46-17-7-9-20-50(46)55/h3-34H,1-2H3;1-34H. The Morgan fingerprint density at radius 3 is 0.939 bits per heavy atom. The van der Waals surface area contributed by atoms with Gasteiger partial charge in [-0.25, -0.2) is 0 Å². The minimum absolute atomic E-state index is 0.173. The van der Waals surface area contributed by atoms with Crippen LogP contribution in [0.15, 0.2) is 400 Å². The molecule has 24 aromatic rings. The van der Waals surface area contributed by atoms with E-state index in [1.165, 1.54) is 230 Å². The largest absolute Gasteiger partial charge is 0.309 e. The summed E-state index contributed by atoms with van der Waals surface area (Å²) < 4.78 is 9.67. The topological polar surface area (TPSA) is 19.7 Å². The molecule has 536 valence electrons. The molecule has 4 heteroatoms. The Hall–Kier alpha value is -14.8. The molecule has 0 unspecified atom stereocenters. The summed E-state index contributed by atoms with van der Waals surface area (Å²) >= 11 is 0. The molecule has 0 saturated heterocycles. The molecule has 0 aliphatic heterocycles. The molecule has 4 aromatic heterocycles. The monoisotopic (exact) mass is 1460 g/mol. The van der Waals surface area contributed by atoms with E-state index in [0.29, 0.717) is 0 Å². The Labute approximate surface area is 663 Å². The van der Waals surface area contributed by atoms with Crippen molar-refractivity contribution in [3.05, 3.63) is 412 Å². The van der Waals surface area contributed by atoms with E-state index in [4.69, 9.17) is 0 Å². The van der Waals surface area contributed by atoms with Crippen LogP contribution < -0.4 is 0 Å². The molecule has 1 aliphatic rings. The van der Waals surface area contributed by atoms with E-state index in [2.05, 4.69) is 432 Å². The first-order valence-electron chi connectivity index (χ1n) is 40.0. The van der Waals surface area contributed by atoms with Crippen LogP contribution in [-0.2, 0) is 5.41 Å². The highest BCUT2D eigenvalue weighted by Gasteiger charge is 2.37. The first kappa shape index (κ1) is 64.9. The van der Waals surface area contributed by atoms with Gasteiger partial charge in [-0.1, -0.05) is 287 Å². The predicted octanol–water partition coefficient (Wildman–Crippen LogP) is 30.0. The van der Waals surface area contributed by atoms with E-state index in [-0.39, 0.29) is 5.41 Å². The van der Waals surface area contributed by atoms with Crippen LogP contribution >= 0.6 is 0 Å². The lowest BCUT2D eigenvalue weighted by Gasteiger charge is -2.23. The zero-order valence-corrected chi connectivity index (χ0v) is 63.4. The molecule has 4 heterocycles. The minimum Gasteiger partial charge on any atom is -0.309 e. The van der Waals surface area contributed by atoms with E-state index < -0.39 is 0 Å². The van der Waals surface area contributed by atoms with Gasteiger partial charge in [0.2, 0.25) is 0 Å². The zero-order valence-electron chi connectivity index (χ0n) is 63.4. The van der Waals surface area contributed by atoms with Gasteiger partial charge in [0.25, 0.3) is 0 Å². The van der Waals surface area contributed by atoms with Gasteiger partial charge < -0.3 is 18.3 Å². The summed E-state index contributed by atoms with van der Waals surface area (Å²) in [5, 5.41) is 25.6. The van der Waals surface area contributed by atoms with E-state index in [1.54, 1.807) is 0 Å². The summed E-state index contributed by atoms with van der Waals surface area (Å²) in [6.45, 7) is 4.79. The third kappa shape index (κ3) is 9.79. The molecule has 1 aliphatic carbocycles. The Balaban J connectivity index is 0.000000133. The van der Waals surface area contributed by atoms with Crippen molar-refractivity contribution >= 4 is 152 Å². The van der Waals surface area contributed by atoms with Gasteiger partial charge in [0.1, 0.15) is 0 Å². The van der Waals surface area contributed by atoms with Crippen LogP contribution in [0, 0.1) is 0 Å². The van der Waals surface area contributed by atoms with Gasteiger partial charge in [0.05, 0.1) is 44.1 Å². The molecule has 0 bridgehead atoms. The maximum absolute atomic E-state index is 2.47. The van der Waals surface area contributed by atoms with Crippen molar-refractivity contribution in [1.29, 1.82) is 0 Å². The molecular weight excluding hydrogens is 1390 g/mol. The molecule has 25 rings (SSSR count). The van der Waals surface area contributed by atoms with E-state index in [9.17, 15) is 0 Å². The van der Waals surface area contributed by atoms with Crippen molar-refractivity contribution in [3.63, 3.8) is 0 Å². The fraction of sp³-hybridized carbons (Fsp3) is 0.0270. The lowest BCUT2D eigenvalue weighted by molar-refractivity contribution is 0.660. The lowest BCUT2D eigenvalue weighted by atomic mass is 9.81. The zero-order chi connectivity index (χ0) is 75.7. The summed E-state index contributed by atoms with van der Waals surface area (Å²) in [6, 6.07) is 148. The maximum Gasteiger partial charge on any atom is 0.0547 e. The number of nitrogens with zero attached hydrogens (tertiary/aromatic N) is 4. The van der Waals surface area contributed by atoms with Crippen molar-refractivity contribution in [2.24, 2.45) is 0 Å². The molecule has 20 aromatic carbocycles. The molecular formula is C111H72N4. The predicted molar refractivity (Wildman–Crippen MR) is 489 cm³/mol. The van der Waals surface area contributed by atoms with Crippen LogP contribution in [0.25, 0.3) is 219 Å². The number of rotatable bonds is 7. The fourth-order valence-electron chi connectivity index (χ4n) is 20.0. The summed E-state index contributed by atoms with van der Waals surface area (Å²) in [5.74, 6) is 0. The molecule has 4 nitrogen and oxygen atoms in total. The number of hydrogen-bond donors (Lipinski definition) is 0. The van der Waals surface area contributed by atoms with Crippen LogP contribution in [0.1, 0.15) is 25.0 Å². The number of para-hydroxylation sites is 6. The van der Waals surface area contributed by atoms with E-state index >= 15 is 0 Å². The molecule has 0 fully saturated rings. The van der Waals surface area contributed by atoms with Crippen LogP contribution in [0.4, 0.5) is 0 Å². The van der Waals surface area contributed by atoms with Gasteiger partial charge in [-0.05, 0) is 248 Å². The summed E-state index contributed by atoms with van der Waals surface area (Å²) in [6.07, 6.45) is 0. The summed E-state index contributed by atoms with van der Waals surface area (Å²) in [4.78, 5) is 0. The minimum atomic E-state index is -0.173. The Morgan fingerprint density at radius 2 is 0.470 bits per heavy atom. The van der Waals surface area contributed by atoms with Gasteiger partial charge in [-0.2, -0.15) is 0 Å².